The normalized spacial score (nSPS) is 12.2. The number of anilines is 1. The summed E-state index contributed by atoms with van der Waals surface area (Å²) >= 11 is 0. The van der Waals surface area contributed by atoms with E-state index in [4.69, 9.17) is 10.5 Å². The lowest BCUT2D eigenvalue weighted by Crippen LogP contribution is -2.16. The average molecular weight is 209 g/mol. The lowest BCUT2D eigenvalue weighted by molar-refractivity contribution is 0.413. The summed E-state index contributed by atoms with van der Waals surface area (Å²) in [5.74, 6) is 1.65. The van der Waals surface area contributed by atoms with E-state index < -0.39 is 0 Å². The predicted octanol–water partition coefficient (Wildman–Crippen LogP) is 1.63. The Balaban J connectivity index is 2.25. The summed E-state index contributed by atoms with van der Waals surface area (Å²) in [7, 11) is 1.63. The molecule has 3 N–H and O–H groups in total. The fourth-order valence-corrected chi connectivity index (χ4v) is 1.25. The average Bonchev–Trinajstić information content (AvgIpc) is 2.25. The maximum absolute atomic E-state index is 5.65. The van der Waals surface area contributed by atoms with Crippen LogP contribution in [0.2, 0.25) is 0 Å². The number of aromatic nitrogens is 1. The van der Waals surface area contributed by atoms with Gasteiger partial charge >= 0.3 is 0 Å². The van der Waals surface area contributed by atoms with Crippen molar-refractivity contribution in [3.8, 4) is 5.75 Å². The van der Waals surface area contributed by atoms with Crippen LogP contribution < -0.4 is 15.8 Å². The quantitative estimate of drug-likeness (QED) is 0.699. The molecule has 1 aromatic heterocycles. The minimum Gasteiger partial charge on any atom is -0.495 e. The number of rotatable bonds is 6. The topological polar surface area (TPSA) is 60.2 Å². The molecule has 0 aliphatic heterocycles. The van der Waals surface area contributed by atoms with Crippen LogP contribution in [0.5, 0.6) is 5.75 Å². The largest absolute Gasteiger partial charge is 0.495 e. The Kier molecular flexibility index (Phi) is 4.90. The van der Waals surface area contributed by atoms with Gasteiger partial charge in [0, 0.05) is 12.6 Å². The molecular weight excluding hydrogens is 190 g/mol. The van der Waals surface area contributed by atoms with Gasteiger partial charge in [-0.1, -0.05) is 0 Å². The minimum absolute atomic E-state index is 0.274. The molecule has 0 radical (unpaired) electrons. The van der Waals surface area contributed by atoms with Crippen molar-refractivity contribution in [3.63, 3.8) is 0 Å². The molecule has 0 amide bonds. The highest BCUT2D eigenvalue weighted by atomic mass is 16.5. The number of methoxy groups -OCH3 is 1. The van der Waals surface area contributed by atoms with Gasteiger partial charge in [-0.15, -0.1) is 0 Å². The fraction of sp³-hybridized carbons (Fsp3) is 0.545. The van der Waals surface area contributed by atoms with Crippen molar-refractivity contribution in [2.75, 3.05) is 19.0 Å². The third-order valence-corrected chi connectivity index (χ3v) is 2.11. The molecule has 0 saturated heterocycles. The van der Waals surface area contributed by atoms with E-state index in [1.54, 1.807) is 13.3 Å². The van der Waals surface area contributed by atoms with E-state index >= 15 is 0 Å². The molecule has 0 spiro atoms. The second kappa shape index (κ2) is 6.24. The molecule has 0 bridgehead atoms. The number of nitrogens with zero attached hydrogens (tertiary/aromatic N) is 1. The molecule has 84 valence electrons. The van der Waals surface area contributed by atoms with Gasteiger partial charge in [0.25, 0.3) is 0 Å². The molecule has 1 heterocycles. The van der Waals surface area contributed by atoms with E-state index in [0.29, 0.717) is 0 Å². The first-order valence-electron chi connectivity index (χ1n) is 5.22. The lowest BCUT2D eigenvalue weighted by atomic mass is 10.2. The van der Waals surface area contributed by atoms with Gasteiger partial charge in [0.2, 0.25) is 0 Å². The second-order valence-corrected chi connectivity index (χ2v) is 3.63. The molecule has 0 aliphatic rings. The SMILES string of the molecule is COc1ccc(NCCCC(C)N)nc1. The van der Waals surface area contributed by atoms with Crippen LogP contribution in [0, 0.1) is 0 Å². The summed E-state index contributed by atoms with van der Waals surface area (Å²) < 4.78 is 5.02. The van der Waals surface area contributed by atoms with Crippen molar-refractivity contribution in [2.45, 2.75) is 25.8 Å². The van der Waals surface area contributed by atoms with Crippen LogP contribution in [-0.4, -0.2) is 24.7 Å². The number of hydrogen-bond acceptors (Lipinski definition) is 4. The summed E-state index contributed by atoms with van der Waals surface area (Å²) in [6, 6.07) is 4.07. The van der Waals surface area contributed by atoms with Gasteiger partial charge < -0.3 is 15.8 Å². The predicted molar refractivity (Wildman–Crippen MR) is 62.2 cm³/mol. The third-order valence-electron chi connectivity index (χ3n) is 2.11. The van der Waals surface area contributed by atoms with Crippen LogP contribution in [0.1, 0.15) is 19.8 Å². The van der Waals surface area contributed by atoms with Crippen molar-refractivity contribution in [3.05, 3.63) is 18.3 Å². The Morgan fingerprint density at radius 1 is 1.53 bits per heavy atom. The Bertz CT molecular complexity index is 272. The molecule has 1 unspecified atom stereocenters. The zero-order valence-electron chi connectivity index (χ0n) is 9.36. The lowest BCUT2D eigenvalue weighted by Gasteiger charge is -2.07. The van der Waals surface area contributed by atoms with E-state index in [1.165, 1.54) is 0 Å². The fourth-order valence-electron chi connectivity index (χ4n) is 1.25. The maximum Gasteiger partial charge on any atom is 0.137 e. The van der Waals surface area contributed by atoms with Gasteiger partial charge in [-0.25, -0.2) is 4.98 Å². The minimum atomic E-state index is 0.274. The summed E-state index contributed by atoms with van der Waals surface area (Å²) in [6.07, 6.45) is 3.79. The van der Waals surface area contributed by atoms with Gasteiger partial charge in [0.05, 0.1) is 13.3 Å². The van der Waals surface area contributed by atoms with Crippen LogP contribution in [-0.2, 0) is 0 Å². The number of nitrogens with one attached hydrogen (secondary N) is 1. The van der Waals surface area contributed by atoms with Crippen LogP contribution in [0.4, 0.5) is 5.82 Å². The first kappa shape index (κ1) is 11.8. The highest BCUT2D eigenvalue weighted by Gasteiger charge is 1.96. The van der Waals surface area contributed by atoms with Gasteiger partial charge in [0.1, 0.15) is 11.6 Å². The van der Waals surface area contributed by atoms with Crippen molar-refractivity contribution in [1.82, 2.24) is 4.98 Å². The van der Waals surface area contributed by atoms with E-state index in [1.807, 2.05) is 19.1 Å². The smallest absolute Gasteiger partial charge is 0.137 e. The summed E-state index contributed by atoms with van der Waals surface area (Å²) in [6.45, 7) is 2.92. The van der Waals surface area contributed by atoms with Crippen LogP contribution >= 0.6 is 0 Å². The molecule has 0 saturated carbocycles. The first-order chi connectivity index (χ1) is 7.22. The highest BCUT2D eigenvalue weighted by molar-refractivity contribution is 5.37. The van der Waals surface area contributed by atoms with E-state index in [9.17, 15) is 0 Å². The maximum atomic E-state index is 5.65. The van der Waals surface area contributed by atoms with Crippen molar-refractivity contribution in [2.24, 2.45) is 5.73 Å². The van der Waals surface area contributed by atoms with E-state index in [2.05, 4.69) is 10.3 Å². The molecule has 0 aliphatic carbocycles. The first-order valence-corrected chi connectivity index (χ1v) is 5.22. The molecule has 4 heteroatoms. The van der Waals surface area contributed by atoms with Crippen LogP contribution in [0.15, 0.2) is 18.3 Å². The standard InChI is InChI=1S/C11H19N3O/c1-9(12)4-3-7-13-11-6-5-10(15-2)8-14-11/h5-6,8-9H,3-4,7,12H2,1-2H3,(H,13,14). The molecule has 4 nitrogen and oxygen atoms in total. The van der Waals surface area contributed by atoms with Gasteiger partial charge in [-0.05, 0) is 31.9 Å². The summed E-state index contributed by atoms with van der Waals surface area (Å²) in [5.41, 5.74) is 5.65. The molecule has 15 heavy (non-hydrogen) atoms. The molecule has 1 aromatic rings. The molecule has 1 atom stereocenters. The molecule has 1 rings (SSSR count). The van der Waals surface area contributed by atoms with E-state index in [-0.39, 0.29) is 6.04 Å². The number of pyridine rings is 1. The zero-order valence-corrected chi connectivity index (χ0v) is 9.36. The Hall–Kier alpha value is -1.29. The monoisotopic (exact) mass is 209 g/mol. The molecule has 0 aromatic carbocycles. The van der Waals surface area contributed by atoms with Crippen LogP contribution in [0.3, 0.4) is 0 Å². The summed E-state index contributed by atoms with van der Waals surface area (Å²) in [4.78, 5) is 4.20. The number of ether oxygens (including phenoxy) is 1. The highest BCUT2D eigenvalue weighted by Crippen LogP contribution is 2.11. The Morgan fingerprint density at radius 2 is 2.33 bits per heavy atom. The van der Waals surface area contributed by atoms with Crippen molar-refractivity contribution >= 4 is 5.82 Å². The molecular formula is C11H19N3O. The third kappa shape index (κ3) is 4.65. The van der Waals surface area contributed by atoms with E-state index in [0.717, 1.165) is 31.0 Å². The Morgan fingerprint density at radius 3 is 2.87 bits per heavy atom. The second-order valence-electron chi connectivity index (χ2n) is 3.63. The van der Waals surface area contributed by atoms with Crippen LogP contribution in [0.25, 0.3) is 0 Å². The summed E-state index contributed by atoms with van der Waals surface area (Å²) in [5, 5.41) is 3.23. The molecule has 0 fully saturated rings. The Labute approximate surface area is 90.8 Å². The number of nitrogens with two attached hydrogens (primary N) is 1. The van der Waals surface area contributed by atoms with Crippen molar-refractivity contribution in [1.29, 1.82) is 0 Å². The zero-order chi connectivity index (χ0) is 11.1. The number of hydrogen-bond donors (Lipinski definition) is 2. The van der Waals surface area contributed by atoms with Gasteiger partial charge in [-0.3, -0.25) is 0 Å². The van der Waals surface area contributed by atoms with Crippen molar-refractivity contribution < 1.29 is 4.74 Å². The van der Waals surface area contributed by atoms with Gasteiger partial charge in [0.15, 0.2) is 0 Å². The van der Waals surface area contributed by atoms with Gasteiger partial charge in [-0.2, -0.15) is 0 Å².